The predicted octanol–water partition coefficient (Wildman–Crippen LogP) is 3.46. The van der Waals surface area contributed by atoms with Crippen LogP contribution in [0.25, 0.3) is 0 Å². The highest BCUT2D eigenvalue weighted by Crippen LogP contribution is 2.18. The SMILES string of the molecule is N#Cc1ccc(N2CCCN(C(=O)CCCNC(=O)c3ccc(Cl)cc3)CC2)cc1. The summed E-state index contributed by atoms with van der Waals surface area (Å²) in [5.74, 6) is -0.0376. The van der Waals surface area contributed by atoms with Crippen molar-refractivity contribution >= 4 is 29.1 Å². The Hall–Kier alpha value is -3.04. The Morgan fingerprint density at radius 3 is 2.43 bits per heavy atom. The van der Waals surface area contributed by atoms with Crippen molar-refractivity contribution in [1.82, 2.24) is 10.2 Å². The van der Waals surface area contributed by atoms with E-state index in [1.807, 2.05) is 29.2 Å². The number of nitriles is 1. The fraction of sp³-hybridized carbons (Fsp3) is 0.348. The average molecular weight is 425 g/mol. The smallest absolute Gasteiger partial charge is 0.251 e. The van der Waals surface area contributed by atoms with Crippen LogP contribution in [0.5, 0.6) is 0 Å². The normalized spacial score (nSPS) is 14.0. The molecule has 0 aliphatic carbocycles. The van der Waals surface area contributed by atoms with E-state index in [0.717, 1.165) is 31.7 Å². The molecule has 0 bridgehead atoms. The maximum Gasteiger partial charge on any atom is 0.251 e. The molecule has 7 heteroatoms. The third kappa shape index (κ3) is 5.98. The molecule has 1 aliphatic rings. The van der Waals surface area contributed by atoms with Gasteiger partial charge in [0.25, 0.3) is 5.91 Å². The standard InChI is InChI=1S/C23H25ClN4O2/c24-20-8-6-19(7-9-20)23(30)26-12-1-3-22(29)28-14-2-13-27(15-16-28)21-10-4-18(17-25)5-11-21/h4-11H,1-3,12-16H2,(H,26,30). The lowest BCUT2D eigenvalue weighted by Gasteiger charge is -2.24. The van der Waals surface area contributed by atoms with Crippen molar-refractivity contribution in [2.75, 3.05) is 37.6 Å². The Morgan fingerprint density at radius 2 is 1.73 bits per heavy atom. The number of nitrogens with one attached hydrogen (secondary N) is 1. The zero-order chi connectivity index (χ0) is 21.3. The van der Waals surface area contributed by atoms with Gasteiger partial charge in [-0.25, -0.2) is 0 Å². The lowest BCUT2D eigenvalue weighted by molar-refractivity contribution is -0.131. The number of rotatable bonds is 6. The van der Waals surface area contributed by atoms with Gasteiger partial charge in [-0.15, -0.1) is 0 Å². The topological polar surface area (TPSA) is 76.4 Å². The Kier molecular flexibility index (Phi) is 7.69. The molecule has 156 valence electrons. The number of carbonyl (C=O) groups is 2. The fourth-order valence-corrected chi connectivity index (χ4v) is 3.60. The van der Waals surface area contributed by atoms with Crippen molar-refractivity contribution in [1.29, 1.82) is 5.26 Å². The van der Waals surface area contributed by atoms with Gasteiger partial charge in [0.15, 0.2) is 0 Å². The first-order valence-electron chi connectivity index (χ1n) is 10.1. The first-order valence-corrected chi connectivity index (χ1v) is 10.5. The monoisotopic (exact) mass is 424 g/mol. The van der Waals surface area contributed by atoms with Crippen LogP contribution in [0.2, 0.25) is 5.02 Å². The second-order valence-electron chi connectivity index (χ2n) is 7.25. The lowest BCUT2D eigenvalue weighted by atomic mass is 10.2. The summed E-state index contributed by atoms with van der Waals surface area (Å²) in [6, 6.07) is 16.4. The number of hydrogen-bond donors (Lipinski definition) is 1. The second kappa shape index (κ2) is 10.7. The average Bonchev–Trinajstić information content (AvgIpc) is 3.03. The summed E-state index contributed by atoms with van der Waals surface area (Å²) in [6.45, 7) is 3.52. The fourth-order valence-electron chi connectivity index (χ4n) is 3.47. The summed E-state index contributed by atoms with van der Waals surface area (Å²) in [4.78, 5) is 28.8. The summed E-state index contributed by atoms with van der Waals surface area (Å²) in [7, 11) is 0. The van der Waals surface area contributed by atoms with E-state index in [4.69, 9.17) is 16.9 Å². The lowest BCUT2D eigenvalue weighted by Crippen LogP contribution is -2.35. The van der Waals surface area contributed by atoms with E-state index in [0.29, 0.717) is 42.1 Å². The maximum absolute atomic E-state index is 12.6. The van der Waals surface area contributed by atoms with Crippen LogP contribution in [0, 0.1) is 11.3 Å². The van der Waals surface area contributed by atoms with Crippen LogP contribution in [-0.2, 0) is 4.79 Å². The molecule has 1 aliphatic heterocycles. The Labute approximate surface area is 182 Å². The van der Waals surface area contributed by atoms with Crippen molar-refractivity contribution in [2.24, 2.45) is 0 Å². The van der Waals surface area contributed by atoms with Gasteiger partial charge in [0, 0.05) is 55.4 Å². The molecule has 0 aromatic heterocycles. The molecule has 3 rings (SSSR count). The highest BCUT2D eigenvalue weighted by molar-refractivity contribution is 6.30. The summed E-state index contributed by atoms with van der Waals surface area (Å²) < 4.78 is 0. The van der Waals surface area contributed by atoms with Gasteiger partial charge in [-0.2, -0.15) is 5.26 Å². The van der Waals surface area contributed by atoms with Crippen LogP contribution >= 0.6 is 11.6 Å². The number of halogens is 1. The highest BCUT2D eigenvalue weighted by atomic mass is 35.5. The third-order valence-corrected chi connectivity index (χ3v) is 5.42. The van der Waals surface area contributed by atoms with Crippen LogP contribution in [0.1, 0.15) is 35.2 Å². The predicted molar refractivity (Wildman–Crippen MR) is 118 cm³/mol. The number of benzene rings is 2. The van der Waals surface area contributed by atoms with Crippen molar-refractivity contribution in [3.63, 3.8) is 0 Å². The molecule has 0 unspecified atom stereocenters. The summed E-state index contributed by atoms with van der Waals surface area (Å²) in [5.41, 5.74) is 2.28. The molecule has 6 nitrogen and oxygen atoms in total. The molecule has 1 heterocycles. The zero-order valence-corrected chi connectivity index (χ0v) is 17.6. The molecule has 0 radical (unpaired) electrons. The van der Waals surface area contributed by atoms with Crippen LogP contribution < -0.4 is 10.2 Å². The Bertz CT molecular complexity index is 906. The van der Waals surface area contributed by atoms with Gasteiger partial charge in [0.05, 0.1) is 11.6 Å². The molecule has 2 aromatic rings. The van der Waals surface area contributed by atoms with Crippen LogP contribution in [-0.4, -0.2) is 49.4 Å². The maximum atomic E-state index is 12.6. The zero-order valence-electron chi connectivity index (χ0n) is 16.8. The molecule has 0 spiro atoms. The summed E-state index contributed by atoms with van der Waals surface area (Å²) in [5, 5.41) is 12.4. The molecular formula is C23H25ClN4O2. The first-order chi connectivity index (χ1) is 14.6. The van der Waals surface area contributed by atoms with Gasteiger partial charge >= 0.3 is 0 Å². The molecule has 0 atom stereocenters. The van der Waals surface area contributed by atoms with Crippen molar-refractivity contribution < 1.29 is 9.59 Å². The Morgan fingerprint density at radius 1 is 1.00 bits per heavy atom. The van der Waals surface area contributed by atoms with E-state index in [2.05, 4.69) is 16.3 Å². The number of hydrogen-bond acceptors (Lipinski definition) is 4. The molecule has 2 aromatic carbocycles. The molecule has 0 saturated carbocycles. The highest BCUT2D eigenvalue weighted by Gasteiger charge is 2.19. The largest absolute Gasteiger partial charge is 0.370 e. The molecule has 1 N–H and O–H groups in total. The van der Waals surface area contributed by atoms with E-state index in [1.165, 1.54) is 0 Å². The van der Waals surface area contributed by atoms with E-state index < -0.39 is 0 Å². The van der Waals surface area contributed by atoms with Gasteiger partial charge in [0.1, 0.15) is 0 Å². The van der Waals surface area contributed by atoms with Gasteiger partial charge < -0.3 is 15.1 Å². The van der Waals surface area contributed by atoms with Gasteiger partial charge in [-0.1, -0.05) is 11.6 Å². The number of anilines is 1. The van der Waals surface area contributed by atoms with Crippen LogP contribution in [0.3, 0.4) is 0 Å². The van der Waals surface area contributed by atoms with Crippen molar-refractivity contribution in [3.05, 3.63) is 64.7 Å². The summed E-state index contributed by atoms with van der Waals surface area (Å²) >= 11 is 5.83. The van der Waals surface area contributed by atoms with Gasteiger partial charge in [-0.3, -0.25) is 9.59 Å². The van der Waals surface area contributed by atoms with Crippen molar-refractivity contribution in [2.45, 2.75) is 19.3 Å². The molecule has 1 fully saturated rings. The number of amides is 2. The molecule has 30 heavy (non-hydrogen) atoms. The van der Waals surface area contributed by atoms with Gasteiger partial charge in [0.2, 0.25) is 5.91 Å². The summed E-state index contributed by atoms with van der Waals surface area (Å²) in [6.07, 6.45) is 1.92. The minimum absolute atomic E-state index is 0.123. The quantitative estimate of drug-likeness (QED) is 0.720. The minimum atomic E-state index is -0.160. The molecular weight excluding hydrogens is 400 g/mol. The first kappa shape index (κ1) is 21.7. The number of carbonyl (C=O) groups excluding carboxylic acids is 2. The van der Waals surface area contributed by atoms with Crippen LogP contribution in [0.4, 0.5) is 5.69 Å². The molecule has 2 amide bonds. The van der Waals surface area contributed by atoms with E-state index in [9.17, 15) is 9.59 Å². The van der Waals surface area contributed by atoms with E-state index in [-0.39, 0.29) is 11.8 Å². The third-order valence-electron chi connectivity index (χ3n) is 5.17. The molecule has 1 saturated heterocycles. The number of nitrogens with zero attached hydrogens (tertiary/aromatic N) is 3. The minimum Gasteiger partial charge on any atom is -0.370 e. The van der Waals surface area contributed by atoms with Gasteiger partial charge in [-0.05, 0) is 61.4 Å². The van der Waals surface area contributed by atoms with E-state index in [1.54, 1.807) is 24.3 Å². The Balaban J connectivity index is 1.40. The van der Waals surface area contributed by atoms with Crippen molar-refractivity contribution in [3.8, 4) is 6.07 Å². The second-order valence-corrected chi connectivity index (χ2v) is 7.68. The van der Waals surface area contributed by atoms with Crippen LogP contribution in [0.15, 0.2) is 48.5 Å². The van der Waals surface area contributed by atoms with E-state index >= 15 is 0 Å².